The van der Waals surface area contributed by atoms with E-state index in [0.29, 0.717) is 28.1 Å². The monoisotopic (exact) mass is 470 g/mol. The van der Waals surface area contributed by atoms with E-state index in [-0.39, 0.29) is 11.3 Å². The summed E-state index contributed by atoms with van der Waals surface area (Å²) in [7, 11) is 0. The first-order valence-corrected chi connectivity index (χ1v) is 11.0. The second-order valence-corrected chi connectivity index (χ2v) is 8.20. The molecule has 0 aliphatic heterocycles. The normalized spacial score (nSPS) is 11.0. The Bertz CT molecular complexity index is 1500. The van der Waals surface area contributed by atoms with E-state index in [2.05, 4.69) is 4.98 Å². The van der Waals surface area contributed by atoms with Crippen LogP contribution in [0.15, 0.2) is 91.0 Å². The molecule has 2 aromatic heterocycles. The van der Waals surface area contributed by atoms with Gasteiger partial charge in [0.2, 0.25) is 11.7 Å². The first-order valence-electron chi connectivity index (χ1n) is 10.6. The van der Waals surface area contributed by atoms with Crippen molar-refractivity contribution in [2.45, 2.75) is 6.42 Å². The number of para-hydroxylation sites is 1. The number of aromatic amines is 1. The predicted octanol–water partition coefficient (Wildman–Crippen LogP) is 6.20. The minimum absolute atomic E-state index is 0.0318. The lowest BCUT2D eigenvalue weighted by Gasteiger charge is -2.07. The van der Waals surface area contributed by atoms with Crippen molar-refractivity contribution in [2.24, 2.45) is 0 Å². The molecule has 0 amide bonds. The lowest BCUT2D eigenvalue weighted by atomic mass is 10.1. The van der Waals surface area contributed by atoms with Crippen molar-refractivity contribution in [1.29, 1.82) is 0 Å². The maximum absolute atomic E-state index is 13.5. The number of aromatic hydroxyl groups is 1. The molecule has 0 unspecified atom stereocenters. The van der Waals surface area contributed by atoms with Gasteiger partial charge < -0.3 is 14.8 Å². The van der Waals surface area contributed by atoms with Gasteiger partial charge in [0.1, 0.15) is 5.75 Å². The minimum Gasteiger partial charge on any atom is -0.494 e. The number of carbonyl (C=O) groups excluding carboxylic acids is 2. The molecule has 34 heavy (non-hydrogen) atoms. The largest absolute Gasteiger partial charge is 0.494 e. The molecule has 0 aliphatic rings. The van der Waals surface area contributed by atoms with E-state index in [1.807, 2.05) is 36.4 Å². The van der Waals surface area contributed by atoms with Crippen molar-refractivity contribution < 1.29 is 19.4 Å². The van der Waals surface area contributed by atoms with Gasteiger partial charge in [-0.1, -0.05) is 60.1 Å². The van der Waals surface area contributed by atoms with Crippen molar-refractivity contribution in [2.75, 3.05) is 0 Å². The van der Waals surface area contributed by atoms with Crippen LogP contribution in [0.5, 0.6) is 11.6 Å². The van der Waals surface area contributed by atoms with Gasteiger partial charge in [-0.05, 0) is 48.0 Å². The van der Waals surface area contributed by atoms with Gasteiger partial charge in [-0.2, -0.15) is 0 Å². The number of hydrogen-bond acceptors (Lipinski definition) is 4. The molecule has 3 aromatic carbocycles. The zero-order valence-electron chi connectivity index (χ0n) is 17.9. The van der Waals surface area contributed by atoms with E-state index in [1.165, 1.54) is 0 Å². The number of nitrogens with zero attached hydrogens (tertiary/aromatic N) is 1. The molecular formula is C27H19ClN2O4. The highest BCUT2D eigenvalue weighted by atomic mass is 35.5. The third kappa shape index (κ3) is 4.07. The first-order chi connectivity index (χ1) is 16.5. The Kier molecular flexibility index (Phi) is 5.65. The molecule has 168 valence electrons. The zero-order chi connectivity index (χ0) is 23.7. The third-order valence-electron chi connectivity index (χ3n) is 5.49. The summed E-state index contributed by atoms with van der Waals surface area (Å²) in [6, 6.07) is 26.5. The molecule has 6 nitrogen and oxygen atoms in total. The first kappa shape index (κ1) is 21.6. The molecule has 0 bridgehead atoms. The average Bonchev–Trinajstić information content (AvgIpc) is 3.41. The molecule has 7 heteroatoms. The molecule has 5 rings (SSSR count). The Labute approximate surface area is 200 Å². The van der Waals surface area contributed by atoms with Crippen molar-refractivity contribution in [3.63, 3.8) is 0 Å². The fourth-order valence-corrected chi connectivity index (χ4v) is 4.09. The van der Waals surface area contributed by atoms with Gasteiger partial charge in [0.25, 0.3) is 0 Å². The van der Waals surface area contributed by atoms with Crippen molar-refractivity contribution >= 4 is 34.4 Å². The molecule has 0 saturated carbocycles. The van der Waals surface area contributed by atoms with Crippen molar-refractivity contribution in [3.8, 4) is 11.6 Å². The van der Waals surface area contributed by atoms with Crippen molar-refractivity contribution in [3.05, 3.63) is 119 Å². The molecule has 2 heterocycles. The number of halogens is 1. The molecule has 0 aliphatic carbocycles. The minimum atomic E-state index is -0.841. The molecule has 0 saturated heterocycles. The Hall–Kier alpha value is -4.29. The summed E-state index contributed by atoms with van der Waals surface area (Å²) < 4.78 is 6.37. The van der Waals surface area contributed by atoms with Gasteiger partial charge in [0.15, 0.2) is 0 Å². The number of ether oxygens (including phenoxy) is 1. The van der Waals surface area contributed by atoms with Crippen LogP contribution in [0.3, 0.4) is 0 Å². The molecule has 0 atom stereocenters. The predicted molar refractivity (Wildman–Crippen MR) is 130 cm³/mol. The molecule has 0 radical (unpaired) electrons. The number of carbonyl (C=O) groups is 2. The fraction of sp³-hybridized carbons (Fsp3) is 0.0370. The third-order valence-corrected chi connectivity index (χ3v) is 5.73. The van der Waals surface area contributed by atoms with E-state index in [0.717, 1.165) is 15.8 Å². The van der Waals surface area contributed by atoms with Gasteiger partial charge >= 0.3 is 6.09 Å². The molecule has 2 N–H and O–H groups in total. The van der Waals surface area contributed by atoms with Gasteiger partial charge in [0, 0.05) is 22.5 Å². The molecular weight excluding hydrogens is 452 g/mol. The number of rotatable bonds is 5. The van der Waals surface area contributed by atoms with Crippen molar-refractivity contribution in [1.82, 2.24) is 9.55 Å². The molecule has 5 aromatic rings. The summed E-state index contributed by atoms with van der Waals surface area (Å²) in [5.74, 6) is -0.664. The zero-order valence-corrected chi connectivity index (χ0v) is 18.6. The number of ketones is 1. The van der Waals surface area contributed by atoms with Crippen LogP contribution >= 0.6 is 11.6 Å². The number of aromatic nitrogens is 2. The maximum Gasteiger partial charge on any atom is 0.426 e. The number of benzene rings is 3. The Morgan fingerprint density at radius 2 is 1.62 bits per heavy atom. The van der Waals surface area contributed by atoms with E-state index in [9.17, 15) is 14.7 Å². The topological polar surface area (TPSA) is 84.3 Å². The SMILES string of the molecule is O=C(c1ccc(Cc2ccccc2)[nH]1)c1c(O)n(C(=O)Oc2ccccc2)c2ccc(Cl)cc12. The van der Waals surface area contributed by atoms with Crippen LogP contribution in [-0.2, 0) is 6.42 Å². The average molecular weight is 471 g/mol. The summed E-state index contributed by atoms with van der Waals surface area (Å²) in [5.41, 5.74) is 2.51. The summed E-state index contributed by atoms with van der Waals surface area (Å²) in [4.78, 5) is 29.5. The van der Waals surface area contributed by atoms with Gasteiger partial charge in [-0.15, -0.1) is 0 Å². The summed E-state index contributed by atoms with van der Waals surface area (Å²) in [5, 5.41) is 11.7. The Morgan fingerprint density at radius 3 is 2.35 bits per heavy atom. The lowest BCUT2D eigenvalue weighted by molar-refractivity contribution is 0.103. The van der Waals surface area contributed by atoms with Gasteiger partial charge in [-0.25, -0.2) is 9.36 Å². The second kappa shape index (κ2) is 8.92. The summed E-state index contributed by atoms with van der Waals surface area (Å²) in [6.07, 6.45) is -0.219. The number of fused-ring (bicyclic) bond motifs is 1. The summed E-state index contributed by atoms with van der Waals surface area (Å²) >= 11 is 6.18. The van der Waals surface area contributed by atoms with Gasteiger partial charge in [0.05, 0.1) is 16.8 Å². The number of hydrogen-bond donors (Lipinski definition) is 2. The fourth-order valence-electron chi connectivity index (χ4n) is 3.92. The van der Waals surface area contributed by atoms with Crippen LogP contribution in [0.1, 0.15) is 27.3 Å². The van der Waals surface area contributed by atoms with Crippen LogP contribution in [0.4, 0.5) is 4.79 Å². The molecule has 0 fully saturated rings. The highest BCUT2D eigenvalue weighted by molar-refractivity contribution is 6.32. The Balaban J connectivity index is 1.53. The lowest BCUT2D eigenvalue weighted by Crippen LogP contribution is -2.16. The van der Waals surface area contributed by atoms with Crippen LogP contribution < -0.4 is 4.74 Å². The van der Waals surface area contributed by atoms with Crippen LogP contribution in [0.2, 0.25) is 5.02 Å². The number of H-pyrrole nitrogens is 1. The smallest absolute Gasteiger partial charge is 0.426 e. The van der Waals surface area contributed by atoms with Crippen LogP contribution in [0.25, 0.3) is 10.9 Å². The standard InChI is InChI=1S/C27H19ClN2O4/c28-18-11-14-23-21(16-18)24(26(32)30(23)27(33)34-20-9-5-2-6-10-20)25(31)22-13-12-19(29-22)15-17-7-3-1-4-8-17/h1-14,16,29,32H,15H2. The Morgan fingerprint density at radius 1 is 0.912 bits per heavy atom. The molecule has 0 spiro atoms. The quantitative estimate of drug-likeness (QED) is 0.300. The van der Waals surface area contributed by atoms with E-state index >= 15 is 0 Å². The van der Waals surface area contributed by atoms with Crippen LogP contribution in [0, 0.1) is 0 Å². The van der Waals surface area contributed by atoms with E-state index < -0.39 is 17.8 Å². The highest BCUT2D eigenvalue weighted by Crippen LogP contribution is 2.35. The highest BCUT2D eigenvalue weighted by Gasteiger charge is 2.28. The summed E-state index contributed by atoms with van der Waals surface area (Å²) in [6.45, 7) is 0. The second-order valence-electron chi connectivity index (χ2n) is 7.77. The van der Waals surface area contributed by atoms with Crippen LogP contribution in [-0.4, -0.2) is 26.5 Å². The number of nitrogens with one attached hydrogen (secondary N) is 1. The van der Waals surface area contributed by atoms with E-state index in [4.69, 9.17) is 16.3 Å². The van der Waals surface area contributed by atoms with Gasteiger partial charge in [-0.3, -0.25) is 4.79 Å². The van der Waals surface area contributed by atoms with E-state index in [1.54, 1.807) is 54.6 Å². The maximum atomic E-state index is 13.5.